The highest BCUT2D eigenvalue weighted by atomic mass is 16.3. The highest BCUT2D eigenvalue weighted by Gasteiger charge is 2.02. The molecule has 0 saturated carbocycles. The number of aliphatic hydroxyl groups excluding tert-OH is 2. The Morgan fingerprint density at radius 3 is 2.09 bits per heavy atom. The summed E-state index contributed by atoms with van der Waals surface area (Å²) in [6, 6.07) is 0. The molecule has 0 aromatic heterocycles. The average Bonchev–Trinajstić information content (AvgIpc) is 1.87. The Kier molecular flexibility index (Phi) is 5.73. The van der Waals surface area contributed by atoms with E-state index in [1.165, 1.54) is 11.9 Å². The minimum Gasteiger partial charge on any atom is -0.395 e. The number of aliphatic hydroxyl groups is 2. The van der Waals surface area contributed by atoms with Crippen molar-refractivity contribution in [3.05, 3.63) is 0 Å². The van der Waals surface area contributed by atoms with Crippen molar-refractivity contribution in [2.75, 3.05) is 26.3 Å². The molecule has 0 heterocycles. The summed E-state index contributed by atoms with van der Waals surface area (Å²) < 4.78 is 0. The summed E-state index contributed by atoms with van der Waals surface area (Å²) in [5, 5.41) is 18.5. The average molecular weight is 162 g/mol. The van der Waals surface area contributed by atoms with E-state index < -0.39 is 0 Å². The Morgan fingerprint density at radius 1 is 1.36 bits per heavy atom. The van der Waals surface area contributed by atoms with Crippen LogP contribution in [0.5, 0.6) is 0 Å². The van der Waals surface area contributed by atoms with Crippen LogP contribution >= 0.6 is 0 Å². The smallest absolute Gasteiger partial charge is 0.231 e. The lowest BCUT2D eigenvalue weighted by atomic mass is 10.6. The molecule has 5 heteroatoms. The molecule has 66 valence electrons. The maximum atomic E-state index is 10.5. The first-order valence-electron chi connectivity index (χ1n) is 3.44. The number of carbonyl (C=O) groups is 1. The zero-order valence-electron chi connectivity index (χ0n) is 6.58. The van der Waals surface area contributed by atoms with Gasteiger partial charge < -0.3 is 10.2 Å². The molecular weight excluding hydrogens is 148 g/mol. The highest BCUT2D eigenvalue weighted by Crippen LogP contribution is 1.79. The molecule has 0 rings (SSSR count). The van der Waals surface area contributed by atoms with E-state index in [2.05, 4.69) is 5.43 Å². The molecule has 0 aromatic carbocycles. The zero-order valence-corrected chi connectivity index (χ0v) is 6.58. The number of hydrazine groups is 1. The van der Waals surface area contributed by atoms with Crippen LogP contribution in [0, 0.1) is 0 Å². The Hall–Kier alpha value is -0.650. The quantitative estimate of drug-likeness (QED) is 0.422. The minimum atomic E-state index is -0.202. The van der Waals surface area contributed by atoms with Crippen molar-refractivity contribution in [2.45, 2.75) is 6.92 Å². The third kappa shape index (κ3) is 5.78. The number of nitrogens with zero attached hydrogens (tertiary/aromatic N) is 1. The molecule has 5 nitrogen and oxygen atoms in total. The van der Waals surface area contributed by atoms with Crippen molar-refractivity contribution in [1.29, 1.82) is 0 Å². The summed E-state index contributed by atoms with van der Waals surface area (Å²) in [7, 11) is 0. The van der Waals surface area contributed by atoms with Gasteiger partial charge in [0.05, 0.1) is 13.2 Å². The third-order valence-electron chi connectivity index (χ3n) is 1.06. The molecule has 0 saturated heterocycles. The number of carbonyl (C=O) groups excluding carboxylic acids is 1. The van der Waals surface area contributed by atoms with Crippen LogP contribution in [-0.2, 0) is 4.79 Å². The van der Waals surface area contributed by atoms with Crippen LogP contribution in [0.3, 0.4) is 0 Å². The fraction of sp³-hybridized carbons (Fsp3) is 0.833. The first-order chi connectivity index (χ1) is 5.20. The summed E-state index contributed by atoms with van der Waals surface area (Å²) >= 11 is 0. The number of hydrogen-bond acceptors (Lipinski definition) is 4. The second-order valence-electron chi connectivity index (χ2n) is 2.10. The van der Waals surface area contributed by atoms with Crippen molar-refractivity contribution in [3.8, 4) is 0 Å². The number of nitrogens with one attached hydrogen (secondary N) is 1. The summed E-state index contributed by atoms with van der Waals surface area (Å²) in [6.07, 6.45) is 0. The van der Waals surface area contributed by atoms with Gasteiger partial charge in [0.25, 0.3) is 0 Å². The Balaban J connectivity index is 3.59. The van der Waals surface area contributed by atoms with E-state index >= 15 is 0 Å². The molecule has 0 fully saturated rings. The molecule has 0 radical (unpaired) electrons. The molecule has 0 aliphatic carbocycles. The van der Waals surface area contributed by atoms with Crippen molar-refractivity contribution in [1.82, 2.24) is 10.4 Å². The van der Waals surface area contributed by atoms with Crippen molar-refractivity contribution < 1.29 is 15.0 Å². The molecular formula is C6H14N2O3. The summed E-state index contributed by atoms with van der Waals surface area (Å²) in [6.45, 7) is 1.96. The second kappa shape index (κ2) is 6.09. The van der Waals surface area contributed by atoms with Crippen LogP contribution in [0.25, 0.3) is 0 Å². The van der Waals surface area contributed by atoms with Crippen LogP contribution < -0.4 is 5.43 Å². The number of amides is 1. The minimum absolute atomic E-state index is 0.0414. The van der Waals surface area contributed by atoms with E-state index in [4.69, 9.17) is 10.2 Å². The van der Waals surface area contributed by atoms with Crippen LogP contribution in [0.15, 0.2) is 0 Å². The van der Waals surface area contributed by atoms with Crippen molar-refractivity contribution in [2.24, 2.45) is 0 Å². The molecule has 0 spiro atoms. The fourth-order valence-electron chi connectivity index (χ4n) is 0.688. The molecule has 0 aliphatic rings. The van der Waals surface area contributed by atoms with E-state index in [1.54, 1.807) is 0 Å². The van der Waals surface area contributed by atoms with Gasteiger partial charge in [-0.05, 0) is 0 Å². The maximum absolute atomic E-state index is 10.5. The zero-order chi connectivity index (χ0) is 8.69. The highest BCUT2D eigenvalue weighted by molar-refractivity contribution is 5.72. The Bertz CT molecular complexity index is 112. The molecule has 1 amide bonds. The standard InChI is InChI=1S/C6H14N2O3/c1-6(11)7-8(2-4-9)3-5-10/h9-10H,2-5H2,1H3,(H,7,11). The van der Waals surface area contributed by atoms with Gasteiger partial charge in [0.15, 0.2) is 0 Å². The van der Waals surface area contributed by atoms with Gasteiger partial charge in [-0.15, -0.1) is 0 Å². The van der Waals surface area contributed by atoms with Crippen LogP contribution in [0.4, 0.5) is 0 Å². The molecule has 0 aromatic rings. The molecule has 3 N–H and O–H groups in total. The van der Waals surface area contributed by atoms with Gasteiger partial charge in [-0.3, -0.25) is 10.2 Å². The Morgan fingerprint density at radius 2 is 1.82 bits per heavy atom. The van der Waals surface area contributed by atoms with E-state index in [-0.39, 0.29) is 19.1 Å². The van der Waals surface area contributed by atoms with Gasteiger partial charge in [0, 0.05) is 20.0 Å². The topological polar surface area (TPSA) is 72.8 Å². The lowest BCUT2D eigenvalue weighted by molar-refractivity contribution is -0.124. The first kappa shape index (κ1) is 10.3. The number of rotatable bonds is 5. The molecule has 0 atom stereocenters. The van der Waals surface area contributed by atoms with E-state index in [0.717, 1.165) is 0 Å². The third-order valence-corrected chi connectivity index (χ3v) is 1.06. The SMILES string of the molecule is CC(=O)NN(CCO)CCO. The van der Waals surface area contributed by atoms with Crippen LogP contribution in [0.2, 0.25) is 0 Å². The predicted octanol–water partition coefficient (Wildman–Crippen LogP) is -1.68. The predicted molar refractivity (Wildman–Crippen MR) is 39.6 cm³/mol. The largest absolute Gasteiger partial charge is 0.395 e. The Labute approximate surface area is 65.6 Å². The van der Waals surface area contributed by atoms with Crippen molar-refractivity contribution in [3.63, 3.8) is 0 Å². The number of hydrogen-bond donors (Lipinski definition) is 3. The summed E-state index contributed by atoms with van der Waals surface area (Å²) in [4.78, 5) is 10.5. The first-order valence-corrected chi connectivity index (χ1v) is 3.44. The normalized spacial score (nSPS) is 10.2. The monoisotopic (exact) mass is 162 g/mol. The molecule has 11 heavy (non-hydrogen) atoms. The van der Waals surface area contributed by atoms with Gasteiger partial charge in [-0.25, -0.2) is 5.01 Å². The summed E-state index contributed by atoms with van der Waals surface area (Å²) in [5.74, 6) is -0.202. The van der Waals surface area contributed by atoms with Gasteiger partial charge in [-0.1, -0.05) is 0 Å². The summed E-state index contributed by atoms with van der Waals surface area (Å²) in [5.41, 5.74) is 2.46. The van der Waals surface area contributed by atoms with Gasteiger partial charge in [0.1, 0.15) is 0 Å². The van der Waals surface area contributed by atoms with Crippen molar-refractivity contribution >= 4 is 5.91 Å². The van der Waals surface area contributed by atoms with Gasteiger partial charge >= 0.3 is 0 Å². The lowest BCUT2D eigenvalue weighted by Gasteiger charge is -2.19. The van der Waals surface area contributed by atoms with Gasteiger partial charge in [-0.2, -0.15) is 0 Å². The van der Waals surface area contributed by atoms with E-state index in [0.29, 0.717) is 13.1 Å². The molecule has 0 aliphatic heterocycles. The van der Waals surface area contributed by atoms with E-state index in [9.17, 15) is 4.79 Å². The molecule has 0 bridgehead atoms. The second-order valence-corrected chi connectivity index (χ2v) is 2.10. The van der Waals surface area contributed by atoms with Gasteiger partial charge in [0.2, 0.25) is 5.91 Å². The van der Waals surface area contributed by atoms with Crippen LogP contribution in [-0.4, -0.2) is 47.4 Å². The van der Waals surface area contributed by atoms with Crippen LogP contribution in [0.1, 0.15) is 6.92 Å². The lowest BCUT2D eigenvalue weighted by Crippen LogP contribution is -2.44. The fourth-order valence-corrected chi connectivity index (χ4v) is 0.688. The van der Waals surface area contributed by atoms with E-state index in [1.807, 2.05) is 0 Å². The maximum Gasteiger partial charge on any atom is 0.231 e. The molecule has 0 unspecified atom stereocenters.